The molecule has 2 aromatic heterocycles. The van der Waals surface area contributed by atoms with Gasteiger partial charge in [0.1, 0.15) is 0 Å². The van der Waals surface area contributed by atoms with Crippen LogP contribution in [0.2, 0.25) is 0 Å². The predicted molar refractivity (Wildman–Crippen MR) is 67.1 cm³/mol. The fraction of sp³-hybridized carbons (Fsp3) is 0.500. The van der Waals surface area contributed by atoms with E-state index in [1.165, 1.54) is 0 Å². The van der Waals surface area contributed by atoms with Crippen LogP contribution in [0, 0.1) is 5.92 Å². The number of nitrogens with zero attached hydrogens (tertiary/aromatic N) is 2. The van der Waals surface area contributed by atoms with Gasteiger partial charge in [-0.25, -0.2) is 4.98 Å². The molecule has 2 heterocycles. The van der Waals surface area contributed by atoms with Gasteiger partial charge in [0.2, 0.25) is 0 Å². The first-order chi connectivity index (χ1) is 8.07. The van der Waals surface area contributed by atoms with Gasteiger partial charge >= 0.3 is 0 Å². The van der Waals surface area contributed by atoms with Crippen molar-refractivity contribution in [1.82, 2.24) is 9.38 Å². The van der Waals surface area contributed by atoms with Gasteiger partial charge in [-0.3, -0.25) is 9.20 Å². The second-order valence-electron chi connectivity index (χ2n) is 4.98. The molecule has 1 unspecified atom stereocenters. The van der Waals surface area contributed by atoms with Crippen molar-refractivity contribution in [2.45, 2.75) is 31.7 Å². The molecule has 1 atom stereocenters. The zero-order chi connectivity index (χ0) is 12.0. The molecule has 17 heavy (non-hydrogen) atoms. The third kappa shape index (κ3) is 1.89. The Hall–Kier alpha value is -1.20. The maximum atomic E-state index is 12.1. The maximum Gasteiger partial charge on any atom is 0.193 e. The van der Waals surface area contributed by atoms with Crippen molar-refractivity contribution < 1.29 is 4.79 Å². The lowest BCUT2D eigenvalue weighted by Crippen LogP contribution is -2.48. The summed E-state index contributed by atoms with van der Waals surface area (Å²) in [4.78, 5) is 17.5. The highest BCUT2D eigenvalue weighted by atomic mass is 32.1. The highest BCUT2D eigenvalue weighted by Gasteiger charge is 2.43. The number of carbonyl (C=O) groups is 1. The first-order valence-electron chi connectivity index (χ1n) is 5.80. The maximum absolute atomic E-state index is 12.1. The normalized spacial score (nSPS) is 19.4. The van der Waals surface area contributed by atoms with Gasteiger partial charge in [-0.15, -0.1) is 11.3 Å². The number of hydrogen-bond donors (Lipinski definition) is 1. The van der Waals surface area contributed by atoms with Crippen LogP contribution in [0.1, 0.15) is 25.5 Å². The third-order valence-corrected chi connectivity index (χ3v) is 4.28. The summed E-state index contributed by atoms with van der Waals surface area (Å²) in [6.45, 7) is 1.85. The Bertz CT molecular complexity index is 537. The Kier molecular flexibility index (Phi) is 2.34. The molecule has 2 aromatic rings. The summed E-state index contributed by atoms with van der Waals surface area (Å²) in [5.74, 6) is 0.476. The van der Waals surface area contributed by atoms with Crippen molar-refractivity contribution in [1.29, 1.82) is 0 Å². The van der Waals surface area contributed by atoms with Crippen LogP contribution in [-0.4, -0.2) is 20.7 Å². The lowest BCUT2D eigenvalue weighted by Gasteiger charge is -2.21. The molecule has 0 saturated heterocycles. The van der Waals surface area contributed by atoms with E-state index in [1.54, 1.807) is 11.3 Å². The van der Waals surface area contributed by atoms with Crippen LogP contribution in [0.15, 0.2) is 17.8 Å². The average molecular weight is 249 g/mol. The smallest absolute Gasteiger partial charge is 0.193 e. The number of ketones is 1. The van der Waals surface area contributed by atoms with Gasteiger partial charge in [-0.1, -0.05) is 0 Å². The van der Waals surface area contributed by atoms with Gasteiger partial charge < -0.3 is 5.73 Å². The molecule has 0 spiro atoms. The van der Waals surface area contributed by atoms with Crippen molar-refractivity contribution >= 4 is 22.1 Å². The van der Waals surface area contributed by atoms with Crippen LogP contribution in [-0.2, 0) is 11.2 Å². The van der Waals surface area contributed by atoms with E-state index in [0.717, 1.165) is 23.5 Å². The summed E-state index contributed by atoms with van der Waals surface area (Å²) in [6.07, 6.45) is 6.36. The molecule has 0 radical (unpaired) electrons. The van der Waals surface area contributed by atoms with Crippen molar-refractivity contribution in [3.8, 4) is 0 Å². The largest absolute Gasteiger partial charge is 0.319 e. The molecular weight excluding hydrogens is 234 g/mol. The minimum atomic E-state index is -0.670. The van der Waals surface area contributed by atoms with Gasteiger partial charge in [-0.05, 0) is 25.7 Å². The Morgan fingerprint density at radius 2 is 2.47 bits per heavy atom. The Balaban J connectivity index is 1.78. The standard InChI is InChI=1S/C12H15N3OS/c1-12(13,8-2-3-8)10(16)6-9-7-15-4-5-17-11(15)14-9/h4-5,7-8H,2-3,6,13H2,1H3. The van der Waals surface area contributed by atoms with Crippen LogP contribution in [0.5, 0.6) is 0 Å². The highest BCUT2D eigenvalue weighted by molar-refractivity contribution is 7.15. The van der Waals surface area contributed by atoms with Crippen LogP contribution in [0.4, 0.5) is 0 Å². The van der Waals surface area contributed by atoms with E-state index in [9.17, 15) is 4.79 Å². The molecule has 4 nitrogen and oxygen atoms in total. The SMILES string of the molecule is CC(N)(C(=O)Cc1cn2ccsc2n1)C1CC1. The molecule has 3 rings (SSSR count). The molecule has 0 bridgehead atoms. The Morgan fingerprint density at radius 3 is 3.12 bits per heavy atom. The topological polar surface area (TPSA) is 60.4 Å². The fourth-order valence-corrected chi connectivity index (χ4v) is 2.85. The predicted octanol–water partition coefficient (Wildman–Crippen LogP) is 1.63. The molecule has 0 aromatic carbocycles. The summed E-state index contributed by atoms with van der Waals surface area (Å²) in [7, 11) is 0. The van der Waals surface area contributed by atoms with Gasteiger partial charge in [0.05, 0.1) is 17.7 Å². The van der Waals surface area contributed by atoms with Gasteiger partial charge in [0, 0.05) is 17.8 Å². The first-order valence-corrected chi connectivity index (χ1v) is 6.68. The van der Waals surface area contributed by atoms with Crippen LogP contribution < -0.4 is 5.73 Å². The minimum Gasteiger partial charge on any atom is -0.319 e. The number of nitrogens with two attached hydrogens (primary N) is 1. The van der Waals surface area contributed by atoms with E-state index in [1.807, 2.05) is 29.1 Å². The Morgan fingerprint density at radius 1 is 1.71 bits per heavy atom. The summed E-state index contributed by atoms with van der Waals surface area (Å²) in [5.41, 5.74) is 6.25. The van der Waals surface area contributed by atoms with Crippen molar-refractivity contribution in [2.75, 3.05) is 0 Å². The van der Waals surface area contributed by atoms with E-state index in [-0.39, 0.29) is 5.78 Å². The van der Waals surface area contributed by atoms with Gasteiger partial charge in [0.15, 0.2) is 10.7 Å². The number of carbonyl (C=O) groups excluding carboxylic acids is 1. The number of fused-ring (bicyclic) bond motifs is 1. The third-order valence-electron chi connectivity index (χ3n) is 3.51. The van der Waals surface area contributed by atoms with E-state index in [0.29, 0.717) is 12.3 Å². The molecule has 1 saturated carbocycles. The van der Waals surface area contributed by atoms with E-state index >= 15 is 0 Å². The molecule has 0 aliphatic heterocycles. The number of rotatable bonds is 4. The van der Waals surface area contributed by atoms with Crippen LogP contribution in [0.25, 0.3) is 4.96 Å². The molecule has 1 fully saturated rings. The van der Waals surface area contributed by atoms with Crippen LogP contribution >= 0.6 is 11.3 Å². The van der Waals surface area contributed by atoms with Crippen molar-refractivity contribution in [3.63, 3.8) is 0 Å². The lowest BCUT2D eigenvalue weighted by molar-refractivity contribution is -0.123. The minimum absolute atomic E-state index is 0.103. The molecule has 5 heteroatoms. The molecule has 2 N–H and O–H groups in total. The van der Waals surface area contributed by atoms with Crippen LogP contribution in [0.3, 0.4) is 0 Å². The molecule has 90 valence electrons. The second-order valence-corrected chi connectivity index (χ2v) is 5.86. The quantitative estimate of drug-likeness (QED) is 0.896. The van der Waals surface area contributed by atoms with E-state index in [4.69, 9.17) is 5.73 Å². The number of Topliss-reactive ketones (excluding diaryl/α,β-unsaturated/α-hetero) is 1. The fourth-order valence-electron chi connectivity index (χ4n) is 2.13. The number of hydrogen-bond acceptors (Lipinski definition) is 4. The summed E-state index contributed by atoms with van der Waals surface area (Å²) < 4.78 is 1.94. The van der Waals surface area contributed by atoms with Crippen molar-refractivity contribution in [2.24, 2.45) is 11.7 Å². The summed E-state index contributed by atoms with van der Waals surface area (Å²) >= 11 is 1.57. The molecular formula is C12H15N3OS. The zero-order valence-electron chi connectivity index (χ0n) is 9.72. The Labute approximate surface area is 103 Å². The monoisotopic (exact) mass is 249 g/mol. The van der Waals surface area contributed by atoms with Gasteiger partial charge in [0.25, 0.3) is 0 Å². The molecule has 1 aliphatic rings. The van der Waals surface area contributed by atoms with E-state index < -0.39 is 5.54 Å². The summed E-state index contributed by atoms with van der Waals surface area (Å²) in [5, 5.41) is 1.98. The number of thiazole rings is 1. The second kappa shape index (κ2) is 3.65. The zero-order valence-corrected chi connectivity index (χ0v) is 10.5. The molecule has 1 aliphatic carbocycles. The lowest BCUT2D eigenvalue weighted by atomic mass is 9.89. The van der Waals surface area contributed by atoms with E-state index in [2.05, 4.69) is 4.98 Å². The summed E-state index contributed by atoms with van der Waals surface area (Å²) in [6, 6.07) is 0. The van der Waals surface area contributed by atoms with Gasteiger partial charge in [-0.2, -0.15) is 0 Å². The average Bonchev–Trinajstić information content (AvgIpc) is 2.93. The van der Waals surface area contributed by atoms with Crippen molar-refractivity contribution in [3.05, 3.63) is 23.5 Å². The number of imidazole rings is 1. The first kappa shape index (κ1) is 10.9. The highest BCUT2D eigenvalue weighted by Crippen LogP contribution is 2.38. The molecule has 0 amide bonds. The number of aromatic nitrogens is 2.